The minimum Gasteiger partial charge on any atom is -0.423 e. The van der Waals surface area contributed by atoms with Gasteiger partial charge in [-0.3, -0.25) is 4.98 Å². The lowest BCUT2D eigenvalue weighted by Crippen LogP contribution is -2.28. The van der Waals surface area contributed by atoms with Gasteiger partial charge in [-0.1, -0.05) is 13.8 Å². The van der Waals surface area contributed by atoms with Crippen LogP contribution in [0.15, 0.2) is 24.4 Å². The molecule has 0 spiro atoms. The van der Waals surface area contributed by atoms with Crippen LogP contribution in [-0.2, 0) is 12.6 Å². The first-order chi connectivity index (χ1) is 12.0. The number of alkyl halides is 4. The third-order valence-corrected chi connectivity index (χ3v) is 3.97. The van der Waals surface area contributed by atoms with Crippen molar-refractivity contribution in [3.63, 3.8) is 0 Å². The first kappa shape index (κ1) is 18.5. The van der Waals surface area contributed by atoms with Crippen LogP contribution in [0.25, 0.3) is 11.1 Å². The first-order valence-electron chi connectivity index (χ1n) is 8.24. The monoisotopic (exact) mass is 369 g/mol. The fourth-order valence-corrected chi connectivity index (χ4v) is 3.01. The molecule has 140 valence electrons. The molecule has 0 bridgehead atoms. The van der Waals surface area contributed by atoms with Crippen molar-refractivity contribution in [2.75, 3.05) is 0 Å². The Hall–Kier alpha value is -2.31. The van der Waals surface area contributed by atoms with E-state index in [-0.39, 0.29) is 17.4 Å². The molecule has 3 rings (SSSR count). The molecule has 2 heterocycles. The Morgan fingerprint density at radius 2 is 1.81 bits per heavy atom. The van der Waals surface area contributed by atoms with Gasteiger partial charge in [-0.15, -0.1) is 0 Å². The Morgan fingerprint density at radius 3 is 2.42 bits per heavy atom. The van der Waals surface area contributed by atoms with E-state index in [0.717, 1.165) is 18.6 Å². The maximum atomic E-state index is 14.2. The van der Waals surface area contributed by atoms with Crippen LogP contribution in [0.2, 0.25) is 0 Å². The molecule has 3 nitrogen and oxygen atoms in total. The Kier molecular flexibility index (Phi) is 4.37. The van der Waals surface area contributed by atoms with Crippen molar-refractivity contribution < 1.29 is 27.0 Å². The minimum atomic E-state index is -4.58. The molecule has 2 aromatic rings. The summed E-state index contributed by atoms with van der Waals surface area (Å²) >= 11 is 0. The molecule has 1 aliphatic rings. The number of nitrogens with zero attached hydrogens (tertiary/aromatic N) is 1. The number of pyridine rings is 1. The number of aryl methyl sites for hydroxylation is 1. The molecule has 0 radical (unpaired) electrons. The molecule has 7 heteroatoms. The SMILES string of the molecule is Cc1cc2c(c(-c3cc(C(F)(F)F)ncc3CC(C)C)c1)O[C@@](C)(F)O2. The van der Waals surface area contributed by atoms with Crippen LogP contribution in [-0.4, -0.2) is 11.0 Å². The molecule has 1 aromatic heterocycles. The van der Waals surface area contributed by atoms with Crippen LogP contribution < -0.4 is 9.47 Å². The molecular weight excluding hydrogens is 350 g/mol. The van der Waals surface area contributed by atoms with E-state index in [1.54, 1.807) is 19.1 Å². The molecule has 0 aliphatic carbocycles. The van der Waals surface area contributed by atoms with E-state index in [2.05, 4.69) is 4.98 Å². The summed E-state index contributed by atoms with van der Waals surface area (Å²) in [4.78, 5) is 3.56. The van der Waals surface area contributed by atoms with Crippen molar-refractivity contribution in [3.05, 3.63) is 41.2 Å². The quantitative estimate of drug-likeness (QED) is 0.652. The van der Waals surface area contributed by atoms with Crippen LogP contribution >= 0.6 is 0 Å². The summed E-state index contributed by atoms with van der Waals surface area (Å²) in [6.07, 6.45) is -2.82. The van der Waals surface area contributed by atoms with Crippen LogP contribution in [0.5, 0.6) is 11.5 Å². The maximum absolute atomic E-state index is 14.2. The number of fused-ring (bicyclic) bond motifs is 1. The standard InChI is InChI=1S/C19H19F4NO2/c1-10(2)5-12-9-24-16(19(21,22)23)8-13(12)14-6-11(3)7-15-17(14)26-18(4,20)25-15/h6-10H,5H2,1-4H3/t18-/m0/s1. The smallest absolute Gasteiger partial charge is 0.423 e. The predicted molar refractivity (Wildman–Crippen MR) is 88.7 cm³/mol. The number of ether oxygens (including phenoxy) is 2. The van der Waals surface area contributed by atoms with Gasteiger partial charge in [-0.2, -0.15) is 17.6 Å². The van der Waals surface area contributed by atoms with E-state index < -0.39 is 17.9 Å². The average molecular weight is 369 g/mol. The zero-order valence-electron chi connectivity index (χ0n) is 14.9. The normalized spacial score (nSPS) is 19.3. The van der Waals surface area contributed by atoms with Crippen molar-refractivity contribution >= 4 is 0 Å². The highest BCUT2D eigenvalue weighted by Gasteiger charge is 2.39. The van der Waals surface area contributed by atoms with E-state index in [4.69, 9.17) is 9.47 Å². The molecule has 26 heavy (non-hydrogen) atoms. The van der Waals surface area contributed by atoms with Gasteiger partial charge >= 0.3 is 12.2 Å². The highest BCUT2D eigenvalue weighted by molar-refractivity contribution is 5.78. The summed E-state index contributed by atoms with van der Waals surface area (Å²) in [6, 6.07) is 1.90. The van der Waals surface area contributed by atoms with E-state index in [0.29, 0.717) is 23.1 Å². The Labute approximate surface area is 149 Å². The Balaban J connectivity index is 2.23. The van der Waals surface area contributed by atoms with Crippen LogP contribution in [0.4, 0.5) is 17.6 Å². The first-order valence-corrected chi connectivity index (χ1v) is 8.24. The highest BCUT2D eigenvalue weighted by Crippen LogP contribution is 2.48. The van der Waals surface area contributed by atoms with Crippen molar-refractivity contribution in [1.29, 1.82) is 0 Å². The minimum absolute atomic E-state index is 0.102. The molecule has 0 fully saturated rings. The number of hydrogen-bond donors (Lipinski definition) is 0. The average Bonchev–Trinajstić information content (AvgIpc) is 2.79. The molecule has 0 unspecified atom stereocenters. The van der Waals surface area contributed by atoms with E-state index in [1.165, 1.54) is 6.20 Å². The second-order valence-electron chi connectivity index (χ2n) is 7.00. The van der Waals surface area contributed by atoms with Crippen LogP contribution in [0, 0.1) is 12.8 Å². The number of hydrogen-bond acceptors (Lipinski definition) is 3. The molecular formula is C19H19F4NO2. The number of halogens is 4. The maximum Gasteiger partial charge on any atom is 0.433 e. The van der Waals surface area contributed by atoms with Gasteiger partial charge in [-0.05, 0) is 54.2 Å². The molecule has 1 aliphatic heterocycles. The molecule has 0 saturated heterocycles. The summed E-state index contributed by atoms with van der Waals surface area (Å²) in [5, 5.41) is 0. The van der Waals surface area contributed by atoms with Crippen LogP contribution in [0.3, 0.4) is 0 Å². The Morgan fingerprint density at radius 1 is 1.12 bits per heavy atom. The second-order valence-corrected chi connectivity index (χ2v) is 7.00. The van der Waals surface area contributed by atoms with Crippen molar-refractivity contribution in [2.45, 2.75) is 46.3 Å². The molecule has 0 saturated carbocycles. The fourth-order valence-electron chi connectivity index (χ4n) is 3.01. The van der Waals surface area contributed by atoms with E-state index >= 15 is 0 Å². The molecule has 0 amide bonds. The van der Waals surface area contributed by atoms with Gasteiger partial charge in [0.25, 0.3) is 0 Å². The molecule has 1 aromatic carbocycles. The molecule has 1 atom stereocenters. The largest absolute Gasteiger partial charge is 0.433 e. The lowest BCUT2D eigenvalue weighted by Gasteiger charge is -2.17. The predicted octanol–water partition coefficient (Wildman–Crippen LogP) is 5.69. The number of aromatic nitrogens is 1. The zero-order valence-corrected chi connectivity index (χ0v) is 14.9. The van der Waals surface area contributed by atoms with Gasteiger partial charge in [0.05, 0.1) is 0 Å². The number of rotatable bonds is 3. The van der Waals surface area contributed by atoms with Crippen molar-refractivity contribution in [2.24, 2.45) is 5.92 Å². The molecule has 0 N–H and O–H groups in total. The van der Waals surface area contributed by atoms with Gasteiger partial charge in [-0.25, -0.2) is 0 Å². The van der Waals surface area contributed by atoms with Crippen LogP contribution in [0.1, 0.15) is 37.6 Å². The van der Waals surface area contributed by atoms with E-state index in [9.17, 15) is 17.6 Å². The number of benzene rings is 1. The van der Waals surface area contributed by atoms with E-state index in [1.807, 2.05) is 13.8 Å². The topological polar surface area (TPSA) is 31.4 Å². The highest BCUT2D eigenvalue weighted by atomic mass is 19.4. The second kappa shape index (κ2) is 6.14. The fraction of sp³-hybridized carbons (Fsp3) is 0.421. The van der Waals surface area contributed by atoms with Gasteiger partial charge in [0, 0.05) is 18.7 Å². The summed E-state index contributed by atoms with van der Waals surface area (Å²) < 4.78 is 64.1. The van der Waals surface area contributed by atoms with Gasteiger partial charge < -0.3 is 9.47 Å². The van der Waals surface area contributed by atoms with Crippen molar-refractivity contribution in [3.8, 4) is 22.6 Å². The third kappa shape index (κ3) is 3.61. The summed E-state index contributed by atoms with van der Waals surface area (Å²) in [7, 11) is 0. The summed E-state index contributed by atoms with van der Waals surface area (Å²) in [5.41, 5.74) is 1.04. The van der Waals surface area contributed by atoms with Gasteiger partial charge in [0.15, 0.2) is 11.5 Å². The Bertz CT molecular complexity index is 844. The third-order valence-electron chi connectivity index (χ3n) is 3.97. The zero-order chi connectivity index (χ0) is 19.3. The summed E-state index contributed by atoms with van der Waals surface area (Å²) in [5.74, 6) is 0.476. The lowest BCUT2D eigenvalue weighted by atomic mass is 9.93. The lowest BCUT2D eigenvalue weighted by molar-refractivity contribution is -0.173. The van der Waals surface area contributed by atoms with Gasteiger partial charge in [0.1, 0.15) is 5.69 Å². The van der Waals surface area contributed by atoms with Gasteiger partial charge in [0.2, 0.25) is 0 Å². The van der Waals surface area contributed by atoms with Crippen molar-refractivity contribution in [1.82, 2.24) is 4.98 Å². The summed E-state index contributed by atoms with van der Waals surface area (Å²) in [6.45, 7) is 6.78.